The summed E-state index contributed by atoms with van der Waals surface area (Å²) in [6.07, 6.45) is 1.80. The van der Waals surface area contributed by atoms with Crippen molar-refractivity contribution in [1.29, 1.82) is 0 Å². The number of rotatable bonds is 8. The van der Waals surface area contributed by atoms with Crippen LogP contribution in [0.15, 0.2) is 35.2 Å². The summed E-state index contributed by atoms with van der Waals surface area (Å²) < 4.78 is 50.5. The zero-order valence-corrected chi connectivity index (χ0v) is 13.2. The third-order valence-corrected chi connectivity index (χ3v) is 5.43. The Morgan fingerprint density at radius 2 is 1.65 bits per heavy atom. The van der Waals surface area contributed by atoms with Gasteiger partial charge in [0.05, 0.1) is 11.2 Å². The zero-order chi connectivity index (χ0) is 15.2. The van der Waals surface area contributed by atoms with Crippen molar-refractivity contribution in [2.24, 2.45) is 0 Å². The van der Waals surface area contributed by atoms with Crippen LogP contribution >= 0.6 is 0 Å². The fraction of sp³-hybridized carbons (Fsp3) is 0.500. The summed E-state index contributed by atoms with van der Waals surface area (Å²) in [6, 6.07) is 7.97. The lowest BCUT2D eigenvalue weighted by Crippen LogP contribution is -2.38. The molecular formula is C12H20N2O4S2. The first-order valence-corrected chi connectivity index (χ1v) is 9.60. The molecule has 6 nitrogen and oxygen atoms in total. The molecule has 20 heavy (non-hydrogen) atoms. The van der Waals surface area contributed by atoms with E-state index in [-0.39, 0.29) is 18.0 Å². The molecule has 0 radical (unpaired) electrons. The maximum absolute atomic E-state index is 11.9. The van der Waals surface area contributed by atoms with Gasteiger partial charge in [-0.05, 0) is 18.6 Å². The molecule has 0 saturated carbocycles. The molecule has 0 fully saturated rings. The fourth-order valence-electron chi connectivity index (χ4n) is 1.68. The molecule has 0 saturated heterocycles. The molecule has 0 spiro atoms. The van der Waals surface area contributed by atoms with Crippen molar-refractivity contribution in [3.8, 4) is 0 Å². The minimum absolute atomic E-state index is 0.0459. The molecule has 0 aliphatic heterocycles. The molecule has 0 atom stereocenters. The van der Waals surface area contributed by atoms with Crippen LogP contribution in [0.2, 0.25) is 0 Å². The van der Waals surface area contributed by atoms with Crippen molar-refractivity contribution in [1.82, 2.24) is 9.03 Å². The van der Waals surface area contributed by atoms with Gasteiger partial charge in [-0.3, -0.25) is 0 Å². The lowest BCUT2D eigenvalue weighted by Gasteiger charge is -2.19. The molecule has 8 heteroatoms. The number of benzene rings is 1. The number of sulfonamides is 2. The Hall–Kier alpha value is -0.960. The van der Waals surface area contributed by atoms with E-state index in [2.05, 4.69) is 4.72 Å². The Morgan fingerprint density at radius 1 is 1.05 bits per heavy atom. The van der Waals surface area contributed by atoms with Gasteiger partial charge in [0.15, 0.2) is 0 Å². The van der Waals surface area contributed by atoms with E-state index in [1.807, 2.05) is 6.92 Å². The number of nitrogens with zero attached hydrogens (tertiary/aromatic N) is 1. The van der Waals surface area contributed by atoms with Gasteiger partial charge < -0.3 is 0 Å². The summed E-state index contributed by atoms with van der Waals surface area (Å²) >= 11 is 0. The molecule has 114 valence electrons. The number of hydrogen-bond donors (Lipinski definition) is 1. The number of nitrogens with one attached hydrogen (secondary N) is 1. The molecule has 1 aromatic carbocycles. The predicted molar refractivity (Wildman–Crippen MR) is 78.3 cm³/mol. The van der Waals surface area contributed by atoms with Crippen LogP contribution < -0.4 is 4.72 Å². The highest BCUT2D eigenvalue weighted by atomic mass is 32.2. The minimum Gasteiger partial charge on any atom is -0.213 e. The average molecular weight is 320 g/mol. The first-order valence-electron chi connectivity index (χ1n) is 6.27. The van der Waals surface area contributed by atoms with Gasteiger partial charge in [0.25, 0.3) is 0 Å². The Kier molecular flexibility index (Phi) is 6.12. The topological polar surface area (TPSA) is 83.6 Å². The minimum atomic E-state index is -3.59. The van der Waals surface area contributed by atoms with Crippen LogP contribution in [0.4, 0.5) is 0 Å². The van der Waals surface area contributed by atoms with E-state index in [4.69, 9.17) is 0 Å². The summed E-state index contributed by atoms with van der Waals surface area (Å²) in [6.45, 7) is 2.42. The van der Waals surface area contributed by atoms with Crippen molar-refractivity contribution in [3.63, 3.8) is 0 Å². The van der Waals surface area contributed by atoms with Gasteiger partial charge >= 0.3 is 0 Å². The maximum atomic E-state index is 11.9. The van der Waals surface area contributed by atoms with E-state index >= 15 is 0 Å². The van der Waals surface area contributed by atoms with Gasteiger partial charge in [-0.15, -0.1) is 0 Å². The van der Waals surface area contributed by atoms with E-state index in [0.717, 1.165) is 6.26 Å². The van der Waals surface area contributed by atoms with Gasteiger partial charge in [-0.1, -0.05) is 25.1 Å². The highest BCUT2D eigenvalue weighted by Crippen LogP contribution is 2.07. The summed E-state index contributed by atoms with van der Waals surface area (Å²) in [5.41, 5.74) is 0. The fourth-order valence-corrected chi connectivity index (χ4v) is 3.66. The Morgan fingerprint density at radius 3 is 2.15 bits per heavy atom. The third-order valence-electron chi connectivity index (χ3n) is 2.65. The van der Waals surface area contributed by atoms with Crippen molar-refractivity contribution < 1.29 is 16.8 Å². The summed E-state index contributed by atoms with van der Waals surface area (Å²) in [7, 11) is -6.90. The lowest BCUT2D eigenvalue weighted by atomic mass is 10.4. The summed E-state index contributed by atoms with van der Waals surface area (Å²) in [5.74, 6) is 0. The van der Waals surface area contributed by atoms with Crippen molar-refractivity contribution in [2.75, 3.05) is 25.9 Å². The van der Waals surface area contributed by atoms with Gasteiger partial charge in [-0.25, -0.2) is 25.9 Å². The molecule has 0 aliphatic rings. The molecule has 0 amide bonds. The smallest absolute Gasteiger partial charge is 0.213 e. The summed E-state index contributed by atoms with van der Waals surface area (Å²) in [5, 5.41) is 0. The van der Waals surface area contributed by atoms with E-state index in [1.54, 1.807) is 18.2 Å². The molecule has 1 rings (SSSR count). The second-order valence-corrected chi connectivity index (χ2v) is 8.12. The van der Waals surface area contributed by atoms with Crippen LogP contribution in [0.1, 0.15) is 13.3 Å². The van der Waals surface area contributed by atoms with Crippen LogP contribution in [-0.4, -0.2) is 47.0 Å². The third kappa shape index (κ3) is 5.20. The van der Waals surface area contributed by atoms with Crippen LogP contribution in [0.3, 0.4) is 0 Å². The standard InChI is InChI=1S/C12H20N2O4S2/c1-3-10-14(19(2,15)16)11-9-13-20(17,18)12-7-5-4-6-8-12/h4-8,13H,3,9-11H2,1-2H3. The van der Waals surface area contributed by atoms with E-state index in [1.165, 1.54) is 16.4 Å². The quantitative estimate of drug-likeness (QED) is 0.762. The monoisotopic (exact) mass is 320 g/mol. The molecule has 0 unspecified atom stereocenters. The SMILES string of the molecule is CCCN(CCNS(=O)(=O)c1ccccc1)S(C)(=O)=O. The normalized spacial score (nSPS) is 12.8. The van der Waals surface area contributed by atoms with Crippen molar-refractivity contribution in [2.45, 2.75) is 18.2 Å². The molecule has 0 heterocycles. The van der Waals surface area contributed by atoms with Crippen LogP contribution in [0.25, 0.3) is 0 Å². The highest BCUT2D eigenvalue weighted by molar-refractivity contribution is 7.89. The van der Waals surface area contributed by atoms with E-state index in [0.29, 0.717) is 13.0 Å². The van der Waals surface area contributed by atoms with Gasteiger partial charge in [0.2, 0.25) is 20.0 Å². The summed E-state index contributed by atoms with van der Waals surface area (Å²) in [4.78, 5) is 0.168. The van der Waals surface area contributed by atoms with Crippen LogP contribution in [0.5, 0.6) is 0 Å². The maximum Gasteiger partial charge on any atom is 0.240 e. The molecule has 0 aliphatic carbocycles. The lowest BCUT2D eigenvalue weighted by molar-refractivity contribution is 0.416. The van der Waals surface area contributed by atoms with Gasteiger partial charge in [0, 0.05) is 19.6 Å². The molecule has 0 bridgehead atoms. The molecular weight excluding hydrogens is 300 g/mol. The zero-order valence-electron chi connectivity index (χ0n) is 11.6. The average Bonchev–Trinajstić information content (AvgIpc) is 2.37. The first kappa shape index (κ1) is 17.1. The van der Waals surface area contributed by atoms with Crippen LogP contribution in [0, 0.1) is 0 Å². The molecule has 1 aromatic rings. The van der Waals surface area contributed by atoms with Gasteiger partial charge in [-0.2, -0.15) is 0 Å². The Bertz CT molecular complexity index is 612. The second kappa shape index (κ2) is 7.16. The second-order valence-electron chi connectivity index (χ2n) is 4.37. The molecule has 1 N–H and O–H groups in total. The first-order chi connectivity index (χ1) is 9.27. The van der Waals surface area contributed by atoms with E-state index in [9.17, 15) is 16.8 Å². The predicted octanol–water partition coefficient (Wildman–Crippen LogP) is 0.636. The van der Waals surface area contributed by atoms with E-state index < -0.39 is 20.0 Å². The Balaban J connectivity index is 2.63. The van der Waals surface area contributed by atoms with Crippen molar-refractivity contribution in [3.05, 3.63) is 30.3 Å². The Labute approximate surface area is 120 Å². The number of hydrogen-bond acceptors (Lipinski definition) is 4. The van der Waals surface area contributed by atoms with Crippen molar-refractivity contribution >= 4 is 20.0 Å². The van der Waals surface area contributed by atoms with Crippen LogP contribution in [-0.2, 0) is 20.0 Å². The highest BCUT2D eigenvalue weighted by Gasteiger charge is 2.17. The molecule has 0 aromatic heterocycles. The largest absolute Gasteiger partial charge is 0.240 e. The van der Waals surface area contributed by atoms with Gasteiger partial charge in [0.1, 0.15) is 0 Å².